The number of phenols is 1. The van der Waals surface area contributed by atoms with Crippen LogP contribution in [-0.4, -0.2) is 10.9 Å². The van der Waals surface area contributed by atoms with E-state index in [1.54, 1.807) is 36.4 Å². The van der Waals surface area contributed by atoms with E-state index in [1.165, 1.54) is 0 Å². The highest BCUT2D eigenvalue weighted by molar-refractivity contribution is 5.95. The molecule has 2 aromatic rings. The number of benzene rings is 2. The van der Waals surface area contributed by atoms with Gasteiger partial charge in [0.25, 0.3) is 0 Å². The Kier molecular flexibility index (Phi) is 4.37. The van der Waals surface area contributed by atoms with Gasteiger partial charge < -0.3 is 22.3 Å². The van der Waals surface area contributed by atoms with Gasteiger partial charge in [-0.2, -0.15) is 0 Å². The largest absolute Gasteiger partial charge is 0.507 e. The molecule has 0 atom stereocenters. The molecule has 0 aliphatic rings. The van der Waals surface area contributed by atoms with Gasteiger partial charge in [-0.3, -0.25) is 5.41 Å². The molecule has 0 bridgehead atoms. The zero-order valence-corrected chi connectivity index (χ0v) is 11.5. The molecule has 0 radical (unpaired) electrons. The summed E-state index contributed by atoms with van der Waals surface area (Å²) in [7, 11) is 0. The zero-order valence-electron chi connectivity index (χ0n) is 11.5. The SMILES string of the molecule is N=C(N)c1ccc(/C=C/c2ccc(C(N)N)cc2O)cc1. The number of aromatic hydroxyl groups is 1. The first-order valence-corrected chi connectivity index (χ1v) is 6.44. The van der Waals surface area contributed by atoms with Crippen LogP contribution in [0.25, 0.3) is 12.2 Å². The average molecular weight is 282 g/mol. The van der Waals surface area contributed by atoms with E-state index in [2.05, 4.69) is 0 Å². The molecular weight excluding hydrogens is 264 g/mol. The summed E-state index contributed by atoms with van der Waals surface area (Å²) in [6.07, 6.45) is 3.05. The van der Waals surface area contributed by atoms with Gasteiger partial charge in [-0.15, -0.1) is 0 Å². The summed E-state index contributed by atoms with van der Waals surface area (Å²) in [4.78, 5) is 0. The van der Waals surface area contributed by atoms with Crippen LogP contribution in [0.3, 0.4) is 0 Å². The maximum absolute atomic E-state index is 9.93. The van der Waals surface area contributed by atoms with Crippen LogP contribution in [0.4, 0.5) is 0 Å². The molecule has 0 saturated heterocycles. The van der Waals surface area contributed by atoms with Crippen molar-refractivity contribution in [3.8, 4) is 5.75 Å². The van der Waals surface area contributed by atoms with E-state index in [9.17, 15) is 5.11 Å². The van der Waals surface area contributed by atoms with Gasteiger partial charge in [0, 0.05) is 11.1 Å². The molecule has 0 heterocycles. The molecule has 0 spiro atoms. The minimum atomic E-state index is -0.604. The highest BCUT2D eigenvalue weighted by atomic mass is 16.3. The Morgan fingerprint density at radius 2 is 1.71 bits per heavy atom. The Bertz CT molecular complexity index is 675. The van der Waals surface area contributed by atoms with Crippen molar-refractivity contribution in [2.45, 2.75) is 6.17 Å². The van der Waals surface area contributed by atoms with Crippen LogP contribution in [0, 0.1) is 5.41 Å². The van der Waals surface area contributed by atoms with E-state index >= 15 is 0 Å². The van der Waals surface area contributed by atoms with Crippen LogP contribution in [0.5, 0.6) is 5.75 Å². The van der Waals surface area contributed by atoms with Gasteiger partial charge in [0.1, 0.15) is 11.6 Å². The molecule has 21 heavy (non-hydrogen) atoms. The summed E-state index contributed by atoms with van der Waals surface area (Å²) in [6.45, 7) is 0. The van der Waals surface area contributed by atoms with Gasteiger partial charge in [0.05, 0.1) is 6.17 Å². The molecule has 0 unspecified atom stereocenters. The van der Waals surface area contributed by atoms with E-state index in [0.717, 1.165) is 5.56 Å². The molecule has 0 saturated carbocycles. The molecule has 2 rings (SSSR count). The van der Waals surface area contributed by atoms with Gasteiger partial charge in [-0.1, -0.05) is 48.6 Å². The first-order chi connectivity index (χ1) is 9.97. The van der Waals surface area contributed by atoms with Crippen LogP contribution in [0.1, 0.15) is 28.4 Å². The van der Waals surface area contributed by atoms with Crippen molar-refractivity contribution >= 4 is 18.0 Å². The number of nitrogen functional groups attached to an aromatic ring is 1. The number of phenolic OH excluding ortho intramolecular Hbond substituents is 1. The lowest BCUT2D eigenvalue weighted by Crippen LogP contribution is -2.19. The molecule has 0 aliphatic heterocycles. The summed E-state index contributed by atoms with van der Waals surface area (Å²) >= 11 is 0. The Labute approximate surface area is 123 Å². The van der Waals surface area contributed by atoms with Crippen molar-refractivity contribution in [1.82, 2.24) is 0 Å². The van der Waals surface area contributed by atoms with Crippen LogP contribution >= 0.6 is 0 Å². The first-order valence-electron chi connectivity index (χ1n) is 6.44. The van der Waals surface area contributed by atoms with E-state index < -0.39 is 6.17 Å². The number of rotatable bonds is 4. The number of nitrogens with two attached hydrogens (primary N) is 3. The molecular formula is C16H18N4O. The molecule has 5 nitrogen and oxygen atoms in total. The van der Waals surface area contributed by atoms with Crippen LogP contribution < -0.4 is 17.2 Å². The second kappa shape index (κ2) is 6.21. The molecule has 0 fully saturated rings. The smallest absolute Gasteiger partial charge is 0.123 e. The van der Waals surface area contributed by atoms with Crippen molar-refractivity contribution in [3.63, 3.8) is 0 Å². The van der Waals surface area contributed by atoms with Gasteiger partial charge in [0.15, 0.2) is 0 Å². The highest BCUT2D eigenvalue weighted by Crippen LogP contribution is 2.22. The third-order valence-corrected chi connectivity index (χ3v) is 3.12. The fourth-order valence-corrected chi connectivity index (χ4v) is 1.87. The van der Waals surface area contributed by atoms with Crippen LogP contribution in [0.15, 0.2) is 42.5 Å². The highest BCUT2D eigenvalue weighted by Gasteiger charge is 2.03. The molecule has 0 aliphatic carbocycles. The Morgan fingerprint density at radius 1 is 1.05 bits per heavy atom. The van der Waals surface area contributed by atoms with Gasteiger partial charge >= 0.3 is 0 Å². The maximum Gasteiger partial charge on any atom is 0.123 e. The predicted molar refractivity (Wildman–Crippen MR) is 85.6 cm³/mol. The summed E-state index contributed by atoms with van der Waals surface area (Å²) in [5.74, 6) is 0.168. The summed E-state index contributed by atoms with van der Waals surface area (Å²) in [5.41, 5.74) is 19.5. The second-order valence-corrected chi connectivity index (χ2v) is 4.71. The van der Waals surface area contributed by atoms with Crippen molar-refractivity contribution < 1.29 is 5.11 Å². The van der Waals surface area contributed by atoms with Gasteiger partial charge in [-0.05, 0) is 17.2 Å². The van der Waals surface area contributed by atoms with E-state index in [4.69, 9.17) is 22.6 Å². The first kappa shape index (κ1) is 14.8. The number of nitrogens with one attached hydrogen (secondary N) is 1. The Hall–Kier alpha value is -2.63. The van der Waals surface area contributed by atoms with E-state index in [-0.39, 0.29) is 11.6 Å². The maximum atomic E-state index is 9.93. The van der Waals surface area contributed by atoms with Crippen molar-refractivity contribution in [1.29, 1.82) is 5.41 Å². The lowest BCUT2D eigenvalue weighted by atomic mass is 10.1. The monoisotopic (exact) mass is 282 g/mol. The number of hydrogen-bond acceptors (Lipinski definition) is 4. The van der Waals surface area contributed by atoms with Crippen molar-refractivity contribution in [2.75, 3.05) is 0 Å². The van der Waals surface area contributed by atoms with E-state index in [1.807, 2.05) is 18.2 Å². The Balaban J connectivity index is 2.19. The Morgan fingerprint density at radius 3 is 2.24 bits per heavy atom. The summed E-state index contributed by atoms with van der Waals surface area (Å²) in [6, 6.07) is 12.4. The fraction of sp³-hybridized carbons (Fsp3) is 0.0625. The van der Waals surface area contributed by atoms with Crippen LogP contribution in [-0.2, 0) is 0 Å². The molecule has 0 aromatic heterocycles. The molecule has 5 heteroatoms. The van der Waals surface area contributed by atoms with E-state index in [0.29, 0.717) is 16.7 Å². The van der Waals surface area contributed by atoms with Crippen molar-refractivity contribution in [3.05, 3.63) is 64.7 Å². The third-order valence-electron chi connectivity index (χ3n) is 3.12. The number of hydrogen-bond donors (Lipinski definition) is 5. The second-order valence-electron chi connectivity index (χ2n) is 4.71. The predicted octanol–water partition coefficient (Wildman–Crippen LogP) is 1.76. The molecule has 108 valence electrons. The lowest BCUT2D eigenvalue weighted by molar-refractivity contribution is 0.472. The average Bonchev–Trinajstić information content (AvgIpc) is 2.46. The van der Waals surface area contributed by atoms with Crippen molar-refractivity contribution in [2.24, 2.45) is 17.2 Å². The molecule has 2 aromatic carbocycles. The minimum absolute atomic E-state index is 0.0388. The third kappa shape index (κ3) is 3.68. The summed E-state index contributed by atoms with van der Waals surface area (Å²) in [5, 5.41) is 17.3. The van der Waals surface area contributed by atoms with Gasteiger partial charge in [-0.25, -0.2) is 0 Å². The number of amidine groups is 1. The lowest BCUT2D eigenvalue weighted by Gasteiger charge is -2.07. The standard InChI is InChI=1S/C16H18N4O/c17-15(18)12-5-2-10(3-6-12)1-4-11-7-8-13(16(19)20)9-14(11)21/h1-9,16,21H,19-20H2,(H3,17,18)/b4-1+. The topological polar surface area (TPSA) is 122 Å². The van der Waals surface area contributed by atoms with Gasteiger partial charge in [0.2, 0.25) is 0 Å². The molecule has 0 amide bonds. The van der Waals surface area contributed by atoms with Crippen LogP contribution in [0.2, 0.25) is 0 Å². The quantitative estimate of drug-likeness (QED) is 0.254. The zero-order chi connectivity index (χ0) is 15.4. The summed E-state index contributed by atoms with van der Waals surface area (Å²) < 4.78 is 0. The normalized spacial score (nSPS) is 11.2. The molecule has 8 N–H and O–H groups in total. The minimum Gasteiger partial charge on any atom is -0.507 e. The fourth-order valence-electron chi connectivity index (χ4n) is 1.87.